The molecule has 0 fully saturated rings. The molecule has 0 aliphatic carbocycles. The van der Waals surface area contributed by atoms with Crippen LogP contribution in [0.5, 0.6) is 5.75 Å². The summed E-state index contributed by atoms with van der Waals surface area (Å²) in [6.07, 6.45) is 3.46. The van der Waals surface area contributed by atoms with Gasteiger partial charge in [0.25, 0.3) is 0 Å². The highest BCUT2D eigenvalue weighted by Gasteiger charge is 2.10. The van der Waals surface area contributed by atoms with Crippen LogP contribution in [0.2, 0.25) is 0 Å². The molecule has 23 heavy (non-hydrogen) atoms. The van der Waals surface area contributed by atoms with Crippen LogP contribution in [-0.4, -0.2) is 27.1 Å². The van der Waals surface area contributed by atoms with Crippen LogP contribution in [0.25, 0.3) is 27.8 Å². The second kappa shape index (κ2) is 5.53. The fourth-order valence-corrected chi connectivity index (χ4v) is 2.53. The Morgan fingerprint density at radius 3 is 2.39 bits per heavy atom. The molecule has 0 bridgehead atoms. The lowest BCUT2D eigenvalue weighted by molar-refractivity contribution is 0.415. The van der Waals surface area contributed by atoms with E-state index >= 15 is 0 Å². The molecule has 5 heteroatoms. The van der Waals surface area contributed by atoms with Crippen molar-refractivity contribution in [3.63, 3.8) is 0 Å². The summed E-state index contributed by atoms with van der Waals surface area (Å²) in [6.45, 7) is 0. The van der Waals surface area contributed by atoms with Gasteiger partial charge in [-0.25, -0.2) is 0 Å². The Labute approximate surface area is 133 Å². The van der Waals surface area contributed by atoms with Gasteiger partial charge in [0.15, 0.2) is 0 Å². The summed E-state index contributed by atoms with van der Waals surface area (Å²) in [5.41, 5.74) is 4.74. The highest BCUT2D eigenvalue weighted by Crippen LogP contribution is 2.28. The molecule has 2 aromatic heterocycles. The van der Waals surface area contributed by atoms with Gasteiger partial charge in [0.05, 0.1) is 12.8 Å². The highest BCUT2D eigenvalue weighted by atomic mass is 16.5. The molecule has 4 aromatic rings. The predicted molar refractivity (Wildman–Crippen MR) is 88.6 cm³/mol. The Morgan fingerprint density at radius 2 is 1.65 bits per heavy atom. The van der Waals surface area contributed by atoms with E-state index in [1.807, 2.05) is 48.5 Å². The molecule has 2 heterocycles. The van der Waals surface area contributed by atoms with Crippen molar-refractivity contribution in [1.29, 1.82) is 0 Å². The number of hydrogen-bond acceptors (Lipinski definition) is 4. The maximum absolute atomic E-state index is 5.22. The van der Waals surface area contributed by atoms with E-state index in [1.165, 1.54) is 0 Å². The lowest BCUT2D eigenvalue weighted by Gasteiger charge is -2.04. The number of fused-ring (bicyclic) bond motifs is 1. The molecule has 0 amide bonds. The smallest absolute Gasteiger partial charge is 0.121 e. The Balaban J connectivity index is 1.85. The van der Waals surface area contributed by atoms with Crippen LogP contribution in [0.1, 0.15) is 0 Å². The van der Waals surface area contributed by atoms with Gasteiger partial charge in [0.1, 0.15) is 16.8 Å². The van der Waals surface area contributed by atoms with Crippen molar-refractivity contribution in [2.24, 2.45) is 0 Å². The first kappa shape index (κ1) is 13.5. The topological polar surface area (TPSA) is 52.8 Å². The Bertz CT molecular complexity index is 946. The normalized spacial score (nSPS) is 10.8. The molecular formula is C18H14N4O. The Kier molecular flexibility index (Phi) is 3.24. The maximum atomic E-state index is 5.22. The zero-order chi connectivity index (χ0) is 15.6. The molecular weight excluding hydrogens is 288 g/mol. The Morgan fingerprint density at radius 1 is 0.870 bits per heavy atom. The van der Waals surface area contributed by atoms with Crippen LogP contribution in [0.4, 0.5) is 0 Å². The summed E-state index contributed by atoms with van der Waals surface area (Å²) in [5.74, 6) is 0.835. The van der Waals surface area contributed by atoms with Gasteiger partial charge < -0.3 is 4.74 Å². The first-order valence-electron chi connectivity index (χ1n) is 7.26. The fraction of sp³-hybridized carbons (Fsp3) is 0.0556. The largest absolute Gasteiger partial charge is 0.497 e. The van der Waals surface area contributed by atoms with Gasteiger partial charge in [-0.15, -0.1) is 10.2 Å². The Hall–Kier alpha value is -3.21. The van der Waals surface area contributed by atoms with Gasteiger partial charge in [-0.1, -0.05) is 24.3 Å². The van der Waals surface area contributed by atoms with Gasteiger partial charge in [0, 0.05) is 18.0 Å². The summed E-state index contributed by atoms with van der Waals surface area (Å²) >= 11 is 0. The summed E-state index contributed by atoms with van der Waals surface area (Å²) in [7, 11) is 1.66. The van der Waals surface area contributed by atoms with Crippen LogP contribution in [0.3, 0.4) is 0 Å². The lowest BCUT2D eigenvalue weighted by Crippen LogP contribution is -1.97. The van der Waals surface area contributed by atoms with E-state index in [1.54, 1.807) is 24.3 Å². The predicted octanol–water partition coefficient (Wildman–Crippen LogP) is 3.49. The fourth-order valence-electron chi connectivity index (χ4n) is 2.53. The number of benzene rings is 2. The van der Waals surface area contributed by atoms with Gasteiger partial charge in [-0.3, -0.25) is 4.98 Å². The van der Waals surface area contributed by atoms with Crippen molar-refractivity contribution in [2.45, 2.75) is 0 Å². The van der Waals surface area contributed by atoms with E-state index in [0.717, 1.165) is 33.6 Å². The van der Waals surface area contributed by atoms with E-state index in [9.17, 15) is 0 Å². The van der Waals surface area contributed by atoms with E-state index in [-0.39, 0.29) is 0 Å². The summed E-state index contributed by atoms with van der Waals surface area (Å²) < 4.78 is 5.22. The van der Waals surface area contributed by atoms with Crippen molar-refractivity contribution in [1.82, 2.24) is 20.0 Å². The van der Waals surface area contributed by atoms with Crippen LogP contribution in [0, 0.1) is 0 Å². The summed E-state index contributed by atoms with van der Waals surface area (Å²) in [6, 6.07) is 17.7. The van der Waals surface area contributed by atoms with Crippen molar-refractivity contribution >= 4 is 11.0 Å². The molecule has 5 nitrogen and oxygen atoms in total. The number of rotatable bonds is 3. The maximum Gasteiger partial charge on any atom is 0.121 e. The standard InChI is InChI=1S/C18H14N4O/c1-23-15-7-5-13(6-8-15)16-3-2-4-17-18(16)21-22(20-17)14-9-11-19-12-10-14/h2-12H,1H3. The quantitative estimate of drug-likeness (QED) is 0.581. The minimum absolute atomic E-state index is 0.835. The van der Waals surface area contributed by atoms with E-state index < -0.39 is 0 Å². The monoisotopic (exact) mass is 302 g/mol. The number of methoxy groups -OCH3 is 1. The molecule has 0 saturated heterocycles. The van der Waals surface area contributed by atoms with Crippen molar-refractivity contribution < 1.29 is 4.74 Å². The third kappa shape index (κ3) is 2.42. The van der Waals surface area contributed by atoms with Crippen molar-refractivity contribution in [3.8, 4) is 22.6 Å². The van der Waals surface area contributed by atoms with Gasteiger partial charge >= 0.3 is 0 Å². The van der Waals surface area contributed by atoms with E-state index in [0.29, 0.717) is 0 Å². The van der Waals surface area contributed by atoms with Crippen molar-refractivity contribution in [2.75, 3.05) is 7.11 Å². The minimum atomic E-state index is 0.835. The highest BCUT2D eigenvalue weighted by molar-refractivity contribution is 5.91. The average Bonchev–Trinajstić information content (AvgIpc) is 3.07. The minimum Gasteiger partial charge on any atom is -0.497 e. The molecule has 0 radical (unpaired) electrons. The molecule has 0 aliphatic rings. The first-order chi connectivity index (χ1) is 11.3. The van der Waals surface area contributed by atoms with Crippen molar-refractivity contribution in [3.05, 3.63) is 67.0 Å². The van der Waals surface area contributed by atoms with Gasteiger partial charge in [0.2, 0.25) is 0 Å². The molecule has 0 saturated carbocycles. The van der Waals surface area contributed by atoms with Crippen LogP contribution < -0.4 is 4.74 Å². The molecule has 4 rings (SSSR count). The third-order valence-corrected chi connectivity index (χ3v) is 3.71. The second-order valence-corrected chi connectivity index (χ2v) is 5.10. The molecule has 0 N–H and O–H groups in total. The van der Waals surface area contributed by atoms with E-state index in [2.05, 4.69) is 21.2 Å². The molecule has 0 atom stereocenters. The third-order valence-electron chi connectivity index (χ3n) is 3.71. The molecule has 0 spiro atoms. The zero-order valence-corrected chi connectivity index (χ0v) is 12.5. The second-order valence-electron chi connectivity index (χ2n) is 5.10. The number of aromatic nitrogens is 4. The number of pyridine rings is 1. The molecule has 0 aliphatic heterocycles. The lowest BCUT2D eigenvalue weighted by atomic mass is 10.0. The molecule has 0 unspecified atom stereocenters. The summed E-state index contributed by atoms with van der Waals surface area (Å²) in [4.78, 5) is 5.66. The number of hydrogen-bond donors (Lipinski definition) is 0. The van der Waals surface area contributed by atoms with Crippen LogP contribution in [-0.2, 0) is 0 Å². The molecule has 112 valence electrons. The summed E-state index contributed by atoms with van der Waals surface area (Å²) in [5, 5.41) is 9.20. The van der Waals surface area contributed by atoms with E-state index in [4.69, 9.17) is 4.74 Å². The van der Waals surface area contributed by atoms with Crippen LogP contribution >= 0.6 is 0 Å². The zero-order valence-electron chi connectivity index (χ0n) is 12.5. The van der Waals surface area contributed by atoms with Gasteiger partial charge in [-0.05, 0) is 35.9 Å². The van der Waals surface area contributed by atoms with Crippen LogP contribution in [0.15, 0.2) is 67.0 Å². The van der Waals surface area contributed by atoms with Gasteiger partial charge in [-0.2, -0.15) is 4.80 Å². The first-order valence-corrected chi connectivity index (χ1v) is 7.26. The SMILES string of the molecule is COc1ccc(-c2cccc3nn(-c4ccncc4)nc23)cc1. The average molecular weight is 302 g/mol. The number of ether oxygens (including phenoxy) is 1. The molecule has 2 aromatic carbocycles. The number of nitrogens with zero attached hydrogens (tertiary/aromatic N) is 4.